The van der Waals surface area contributed by atoms with Crippen molar-refractivity contribution in [2.24, 2.45) is 0 Å². The topological polar surface area (TPSA) is 54.5 Å². The molecule has 1 aromatic rings. The second-order valence-corrected chi connectivity index (χ2v) is 7.13. The first-order valence-electron chi connectivity index (χ1n) is 5.43. The predicted octanol–water partition coefficient (Wildman–Crippen LogP) is 1.40. The first-order chi connectivity index (χ1) is 8.20. The fourth-order valence-electron chi connectivity index (χ4n) is 1.45. The molecule has 0 aliphatic heterocycles. The summed E-state index contributed by atoms with van der Waals surface area (Å²) < 4.78 is 22.1. The van der Waals surface area contributed by atoms with Gasteiger partial charge in [-0.2, -0.15) is 0 Å². The van der Waals surface area contributed by atoms with Crippen molar-refractivity contribution in [2.45, 2.75) is 11.8 Å². The Kier molecular flexibility index (Phi) is 4.81. The highest BCUT2D eigenvalue weighted by Crippen LogP contribution is 2.15. The predicted molar refractivity (Wildman–Crippen MR) is 75.1 cm³/mol. The normalized spacial score (nSPS) is 11.3. The smallest absolute Gasteiger partial charge is 0.253 e. The Morgan fingerprint density at radius 3 is 2.56 bits per heavy atom. The number of rotatable bonds is 4. The summed E-state index contributed by atoms with van der Waals surface area (Å²) >= 11 is 4.20. The Morgan fingerprint density at radius 2 is 2.00 bits per heavy atom. The van der Waals surface area contributed by atoms with Crippen molar-refractivity contribution in [3.05, 3.63) is 29.3 Å². The molecular formula is C12H17NO3S2. The van der Waals surface area contributed by atoms with E-state index < -0.39 is 9.84 Å². The summed E-state index contributed by atoms with van der Waals surface area (Å²) in [5.74, 6) is -0.221. The molecule has 0 atom stereocenters. The van der Waals surface area contributed by atoms with Crippen molar-refractivity contribution < 1.29 is 13.2 Å². The first kappa shape index (κ1) is 15.0. The van der Waals surface area contributed by atoms with Crippen molar-refractivity contribution in [3.63, 3.8) is 0 Å². The van der Waals surface area contributed by atoms with Gasteiger partial charge in [0.1, 0.15) is 9.84 Å². The number of aryl methyl sites for hydroxylation is 1. The number of sulfone groups is 1. The van der Waals surface area contributed by atoms with E-state index >= 15 is 0 Å². The molecule has 100 valence electrons. The molecule has 0 aromatic heterocycles. The van der Waals surface area contributed by atoms with Crippen LogP contribution in [-0.2, 0) is 9.84 Å². The largest absolute Gasteiger partial charge is 0.341 e. The van der Waals surface area contributed by atoms with Gasteiger partial charge >= 0.3 is 0 Å². The van der Waals surface area contributed by atoms with Gasteiger partial charge in [-0.1, -0.05) is 6.07 Å². The maximum atomic E-state index is 12.1. The van der Waals surface area contributed by atoms with E-state index in [0.717, 1.165) is 11.8 Å². The van der Waals surface area contributed by atoms with Crippen molar-refractivity contribution >= 4 is 28.4 Å². The SMILES string of the molecule is Cc1ccc(S)cc1C(=O)N(C)CCS(C)(=O)=O. The van der Waals surface area contributed by atoms with Crippen LogP contribution in [0.25, 0.3) is 0 Å². The number of hydrogen-bond acceptors (Lipinski definition) is 4. The molecule has 0 aliphatic rings. The fraction of sp³-hybridized carbons (Fsp3) is 0.417. The number of carbonyl (C=O) groups excluding carboxylic acids is 1. The van der Waals surface area contributed by atoms with E-state index in [1.807, 2.05) is 19.1 Å². The highest BCUT2D eigenvalue weighted by molar-refractivity contribution is 7.90. The van der Waals surface area contributed by atoms with Crippen LogP contribution in [-0.4, -0.2) is 44.8 Å². The number of thiol groups is 1. The van der Waals surface area contributed by atoms with E-state index in [9.17, 15) is 13.2 Å². The first-order valence-corrected chi connectivity index (χ1v) is 7.94. The van der Waals surface area contributed by atoms with Gasteiger partial charge in [-0.25, -0.2) is 8.42 Å². The minimum Gasteiger partial charge on any atom is -0.341 e. The van der Waals surface area contributed by atoms with Crippen molar-refractivity contribution in [1.82, 2.24) is 4.90 Å². The Labute approximate surface area is 113 Å². The average molecular weight is 287 g/mol. The molecule has 0 saturated heterocycles. The molecule has 0 heterocycles. The van der Waals surface area contributed by atoms with E-state index in [4.69, 9.17) is 0 Å². The third kappa shape index (κ3) is 4.34. The summed E-state index contributed by atoms with van der Waals surface area (Å²) in [6.07, 6.45) is 1.16. The zero-order chi connectivity index (χ0) is 13.9. The molecule has 4 nitrogen and oxygen atoms in total. The maximum Gasteiger partial charge on any atom is 0.253 e. The summed E-state index contributed by atoms with van der Waals surface area (Å²) in [5, 5.41) is 0. The lowest BCUT2D eigenvalue weighted by atomic mass is 10.1. The highest BCUT2D eigenvalue weighted by Gasteiger charge is 2.15. The maximum absolute atomic E-state index is 12.1. The Hall–Kier alpha value is -1.01. The highest BCUT2D eigenvalue weighted by atomic mass is 32.2. The summed E-state index contributed by atoms with van der Waals surface area (Å²) in [4.78, 5) is 14.3. The van der Waals surface area contributed by atoms with E-state index in [0.29, 0.717) is 10.5 Å². The second-order valence-electron chi connectivity index (χ2n) is 4.36. The Bertz CT molecular complexity index is 552. The third-order valence-corrected chi connectivity index (χ3v) is 3.80. The van der Waals surface area contributed by atoms with Crippen LogP contribution in [0.4, 0.5) is 0 Å². The van der Waals surface area contributed by atoms with Gasteiger partial charge in [0.25, 0.3) is 5.91 Å². The summed E-state index contributed by atoms with van der Waals surface area (Å²) in [5.41, 5.74) is 1.41. The number of nitrogens with zero attached hydrogens (tertiary/aromatic N) is 1. The van der Waals surface area contributed by atoms with Crippen LogP contribution in [0.5, 0.6) is 0 Å². The van der Waals surface area contributed by atoms with Gasteiger partial charge in [0.2, 0.25) is 0 Å². The minimum absolute atomic E-state index is 0.0329. The third-order valence-electron chi connectivity index (χ3n) is 2.60. The van der Waals surface area contributed by atoms with Gasteiger partial charge in [-0.3, -0.25) is 4.79 Å². The summed E-state index contributed by atoms with van der Waals surface area (Å²) in [7, 11) is -1.47. The van der Waals surface area contributed by atoms with Crippen LogP contribution in [0, 0.1) is 6.92 Å². The second kappa shape index (κ2) is 5.75. The average Bonchev–Trinajstić information content (AvgIpc) is 2.27. The molecule has 0 spiro atoms. The molecule has 0 aliphatic carbocycles. The van der Waals surface area contributed by atoms with E-state index in [-0.39, 0.29) is 18.2 Å². The fourth-order valence-corrected chi connectivity index (χ4v) is 2.26. The van der Waals surface area contributed by atoms with Crippen molar-refractivity contribution in [3.8, 4) is 0 Å². The van der Waals surface area contributed by atoms with E-state index in [1.165, 1.54) is 4.90 Å². The van der Waals surface area contributed by atoms with Gasteiger partial charge < -0.3 is 4.90 Å². The van der Waals surface area contributed by atoms with Gasteiger partial charge in [-0.15, -0.1) is 12.6 Å². The van der Waals surface area contributed by atoms with Crippen LogP contribution in [0.1, 0.15) is 15.9 Å². The van der Waals surface area contributed by atoms with Crippen molar-refractivity contribution in [2.75, 3.05) is 25.6 Å². The molecular weight excluding hydrogens is 270 g/mol. The number of carbonyl (C=O) groups is 1. The van der Waals surface area contributed by atoms with Gasteiger partial charge in [0.05, 0.1) is 5.75 Å². The number of amides is 1. The van der Waals surface area contributed by atoms with Crippen LogP contribution in [0.3, 0.4) is 0 Å². The molecule has 18 heavy (non-hydrogen) atoms. The molecule has 0 radical (unpaired) electrons. The van der Waals surface area contributed by atoms with Crippen LogP contribution < -0.4 is 0 Å². The monoisotopic (exact) mass is 287 g/mol. The van der Waals surface area contributed by atoms with Crippen LogP contribution in [0.2, 0.25) is 0 Å². The minimum atomic E-state index is -3.06. The van der Waals surface area contributed by atoms with Gasteiger partial charge in [-0.05, 0) is 24.6 Å². The summed E-state index contributed by atoms with van der Waals surface area (Å²) in [6, 6.07) is 5.32. The zero-order valence-electron chi connectivity index (χ0n) is 10.7. The van der Waals surface area contributed by atoms with Crippen molar-refractivity contribution in [1.29, 1.82) is 0 Å². The number of hydrogen-bond donors (Lipinski definition) is 1. The molecule has 0 saturated carbocycles. The quantitative estimate of drug-likeness (QED) is 0.852. The Balaban J connectivity index is 2.83. The van der Waals surface area contributed by atoms with E-state index in [2.05, 4.69) is 12.6 Å². The van der Waals surface area contributed by atoms with Crippen LogP contribution >= 0.6 is 12.6 Å². The molecule has 0 N–H and O–H groups in total. The molecule has 1 amide bonds. The standard InChI is InChI=1S/C12H17NO3S2/c1-9-4-5-10(17)8-11(9)12(14)13(2)6-7-18(3,15)16/h4-5,8,17H,6-7H2,1-3H3. The van der Waals surface area contributed by atoms with Gasteiger partial charge in [0, 0.05) is 30.3 Å². The van der Waals surface area contributed by atoms with E-state index in [1.54, 1.807) is 13.1 Å². The molecule has 6 heteroatoms. The van der Waals surface area contributed by atoms with Gasteiger partial charge in [0.15, 0.2) is 0 Å². The molecule has 0 fully saturated rings. The lowest BCUT2D eigenvalue weighted by molar-refractivity contribution is 0.0802. The lowest BCUT2D eigenvalue weighted by Gasteiger charge is -2.18. The number of benzene rings is 1. The molecule has 0 bridgehead atoms. The Morgan fingerprint density at radius 1 is 1.39 bits per heavy atom. The molecule has 1 aromatic carbocycles. The van der Waals surface area contributed by atoms with Crippen LogP contribution in [0.15, 0.2) is 23.1 Å². The zero-order valence-corrected chi connectivity index (χ0v) is 12.4. The summed E-state index contributed by atoms with van der Waals surface area (Å²) in [6.45, 7) is 2.03. The molecule has 0 unspecified atom stereocenters. The lowest BCUT2D eigenvalue weighted by Crippen LogP contribution is -2.31. The molecule has 1 rings (SSSR count).